The molecule has 0 atom stereocenters. The first kappa shape index (κ1) is 18.4. The van der Waals surface area contributed by atoms with Gasteiger partial charge in [0, 0.05) is 6.08 Å². The Labute approximate surface area is 159 Å². The standard InChI is InChI=1S/C24H21NO2/c1-2-3-4-5-6-24(26)27-23-14-13-21-15-20(11-12-22(21)16-23)19-9-7-18(17-25)8-10-19/h5-16H,2-4H2,1H3/b6-5+. The van der Waals surface area contributed by atoms with E-state index in [0.29, 0.717) is 11.3 Å². The Balaban J connectivity index is 1.75. The second kappa shape index (κ2) is 8.82. The van der Waals surface area contributed by atoms with Crippen molar-refractivity contribution in [3.8, 4) is 22.9 Å². The van der Waals surface area contributed by atoms with Gasteiger partial charge in [-0.1, -0.05) is 56.2 Å². The van der Waals surface area contributed by atoms with Crippen LogP contribution < -0.4 is 4.74 Å². The van der Waals surface area contributed by atoms with Gasteiger partial charge in [-0.3, -0.25) is 0 Å². The summed E-state index contributed by atoms with van der Waals surface area (Å²) in [6.45, 7) is 2.12. The third kappa shape index (κ3) is 4.83. The van der Waals surface area contributed by atoms with Crippen molar-refractivity contribution in [1.29, 1.82) is 5.26 Å². The van der Waals surface area contributed by atoms with Gasteiger partial charge in [-0.2, -0.15) is 5.26 Å². The van der Waals surface area contributed by atoms with E-state index in [4.69, 9.17) is 10.00 Å². The first-order valence-electron chi connectivity index (χ1n) is 9.12. The number of nitriles is 1. The highest BCUT2D eigenvalue weighted by Crippen LogP contribution is 2.27. The molecule has 3 heteroatoms. The minimum Gasteiger partial charge on any atom is -0.423 e. The van der Waals surface area contributed by atoms with E-state index >= 15 is 0 Å². The second-order valence-electron chi connectivity index (χ2n) is 6.38. The summed E-state index contributed by atoms with van der Waals surface area (Å²) in [7, 11) is 0. The van der Waals surface area contributed by atoms with Gasteiger partial charge in [0.15, 0.2) is 0 Å². The molecule has 0 aliphatic carbocycles. The number of hydrogen-bond acceptors (Lipinski definition) is 3. The van der Waals surface area contributed by atoms with Gasteiger partial charge in [0.2, 0.25) is 0 Å². The Kier molecular flexibility index (Phi) is 6.02. The van der Waals surface area contributed by atoms with E-state index in [1.54, 1.807) is 0 Å². The minimum absolute atomic E-state index is 0.348. The maximum atomic E-state index is 11.9. The Morgan fingerprint density at radius 1 is 1.00 bits per heavy atom. The summed E-state index contributed by atoms with van der Waals surface area (Å²) in [5, 5.41) is 11.0. The zero-order valence-electron chi connectivity index (χ0n) is 15.3. The predicted molar refractivity (Wildman–Crippen MR) is 108 cm³/mol. The van der Waals surface area contributed by atoms with Gasteiger partial charge in [0.25, 0.3) is 0 Å². The summed E-state index contributed by atoms with van der Waals surface area (Å²) in [6.07, 6.45) is 6.42. The highest BCUT2D eigenvalue weighted by Gasteiger charge is 2.04. The lowest BCUT2D eigenvalue weighted by molar-refractivity contribution is -0.129. The number of nitrogens with zero attached hydrogens (tertiary/aromatic N) is 1. The molecule has 0 spiro atoms. The summed E-state index contributed by atoms with van der Waals surface area (Å²) in [6, 6.07) is 21.4. The number of hydrogen-bond donors (Lipinski definition) is 0. The van der Waals surface area contributed by atoms with Crippen molar-refractivity contribution in [3.63, 3.8) is 0 Å². The number of benzene rings is 3. The molecule has 0 radical (unpaired) electrons. The van der Waals surface area contributed by atoms with Crippen molar-refractivity contribution in [2.24, 2.45) is 0 Å². The van der Waals surface area contributed by atoms with Gasteiger partial charge in [0.05, 0.1) is 11.6 Å². The van der Waals surface area contributed by atoms with Crippen LogP contribution in [-0.4, -0.2) is 5.97 Å². The Hall–Kier alpha value is -3.38. The Bertz CT molecular complexity index is 1010. The van der Waals surface area contributed by atoms with Gasteiger partial charge in [-0.05, 0) is 58.7 Å². The van der Waals surface area contributed by atoms with E-state index in [2.05, 4.69) is 19.1 Å². The van der Waals surface area contributed by atoms with Gasteiger partial charge >= 0.3 is 5.97 Å². The van der Waals surface area contributed by atoms with Gasteiger partial charge in [0.1, 0.15) is 5.75 Å². The summed E-state index contributed by atoms with van der Waals surface area (Å²) in [4.78, 5) is 11.9. The quantitative estimate of drug-likeness (QED) is 0.235. The summed E-state index contributed by atoms with van der Waals surface area (Å²) in [5.74, 6) is 0.193. The van der Waals surface area contributed by atoms with Crippen LogP contribution in [0.4, 0.5) is 0 Å². The van der Waals surface area contributed by atoms with Crippen LogP contribution in [0, 0.1) is 11.3 Å². The molecule has 0 heterocycles. The number of carbonyl (C=O) groups is 1. The van der Waals surface area contributed by atoms with Crippen LogP contribution in [0.2, 0.25) is 0 Å². The molecule has 3 nitrogen and oxygen atoms in total. The highest BCUT2D eigenvalue weighted by molar-refractivity contribution is 5.90. The van der Waals surface area contributed by atoms with E-state index in [-0.39, 0.29) is 5.97 Å². The van der Waals surface area contributed by atoms with Crippen LogP contribution in [0.3, 0.4) is 0 Å². The molecule has 3 rings (SSSR count). The molecule has 0 amide bonds. The van der Waals surface area contributed by atoms with Crippen LogP contribution in [0.1, 0.15) is 31.7 Å². The fourth-order valence-corrected chi connectivity index (χ4v) is 2.86. The summed E-state index contributed by atoms with van der Waals surface area (Å²) >= 11 is 0. The molecule has 0 fully saturated rings. The van der Waals surface area contributed by atoms with Crippen molar-refractivity contribution in [2.75, 3.05) is 0 Å². The average molecular weight is 355 g/mol. The monoisotopic (exact) mass is 355 g/mol. The van der Waals surface area contributed by atoms with E-state index in [1.807, 2.05) is 60.7 Å². The fourth-order valence-electron chi connectivity index (χ4n) is 2.86. The lowest BCUT2D eigenvalue weighted by Gasteiger charge is -2.07. The van der Waals surface area contributed by atoms with Crippen molar-refractivity contribution >= 4 is 16.7 Å². The van der Waals surface area contributed by atoms with Gasteiger partial charge in [-0.25, -0.2) is 4.79 Å². The smallest absolute Gasteiger partial charge is 0.335 e. The molecule has 0 bridgehead atoms. The first-order valence-corrected chi connectivity index (χ1v) is 9.12. The number of carbonyl (C=O) groups excluding carboxylic acids is 1. The molecule has 134 valence electrons. The SMILES string of the molecule is CCCC/C=C/C(=O)Oc1ccc2cc(-c3ccc(C#N)cc3)ccc2c1. The van der Waals surface area contributed by atoms with Crippen molar-refractivity contribution in [1.82, 2.24) is 0 Å². The molecule has 3 aromatic rings. The Morgan fingerprint density at radius 3 is 2.44 bits per heavy atom. The maximum absolute atomic E-state index is 11.9. The van der Waals surface area contributed by atoms with Crippen LogP contribution >= 0.6 is 0 Å². The number of rotatable bonds is 6. The van der Waals surface area contributed by atoms with Crippen molar-refractivity contribution < 1.29 is 9.53 Å². The van der Waals surface area contributed by atoms with Crippen molar-refractivity contribution in [3.05, 3.63) is 78.4 Å². The van der Waals surface area contributed by atoms with Crippen molar-refractivity contribution in [2.45, 2.75) is 26.2 Å². The fraction of sp³-hybridized carbons (Fsp3) is 0.167. The molecule has 0 aliphatic rings. The molecule has 0 N–H and O–H groups in total. The first-order chi connectivity index (χ1) is 13.2. The predicted octanol–water partition coefficient (Wildman–Crippen LogP) is 6.03. The van der Waals surface area contributed by atoms with Gasteiger partial charge < -0.3 is 4.74 Å². The van der Waals surface area contributed by atoms with Crippen LogP contribution in [0.5, 0.6) is 5.75 Å². The Morgan fingerprint density at radius 2 is 1.70 bits per heavy atom. The van der Waals surface area contributed by atoms with E-state index in [1.165, 1.54) is 6.08 Å². The molecule has 0 unspecified atom stereocenters. The zero-order chi connectivity index (χ0) is 19.1. The number of unbranched alkanes of at least 4 members (excludes halogenated alkanes) is 2. The zero-order valence-corrected chi connectivity index (χ0v) is 15.3. The van der Waals surface area contributed by atoms with Crippen LogP contribution in [0.25, 0.3) is 21.9 Å². The molecule has 0 saturated heterocycles. The van der Waals surface area contributed by atoms with Crippen LogP contribution in [0.15, 0.2) is 72.8 Å². The number of fused-ring (bicyclic) bond motifs is 1. The average Bonchev–Trinajstić information content (AvgIpc) is 2.71. The third-order valence-electron chi connectivity index (χ3n) is 4.36. The molecular weight excluding hydrogens is 334 g/mol. The topological polar surface area (TPSA) is 50.1 Å². The lowest BCUT2D eigenvalue weighted by atomic mass is 10.0. The third-order valence-corrected chi connectivity index (χ3v) is 4.36. The molecule has 3 aromatic carbocycles. The van der Waals surface area contributed by atoms with E-state index in [9.17, 15) is 4.79 Å². The molecule has 27 heavy (non-hydrogen) atoms. The summed E-state index contributed by atoms with van der Waals surface area (Å²) in [5.41, 5.74) is 2.79. The molecule has 0 aromatic heterocycles. The largest absolute Gasteiger partial charge is 0.423 e. The summed E-state index contributed by atoms with van der Waals surface area (Å²) < 4.78 is 5.39. The van der Waals surface area contributed by atoms with Gasteiger partial charge in [-0.15, -0.1) is 0 Å². The van der Waals surface area contributed by atoms with Crippen LogP contribution in [-0.2, 0) is 4.79 Å². The normalized spacial score (nSPS) is 10.8. The molecular formula is C24H21NO2. The maximum Gasteiger partial charge on any atom is 0.335 e. The number of allylic oxidation sites excluding steroid dienone is 1. The second-order valence-corrected chi connectivity index (χ2v) is 6.38. The number of esters is 1. The number of ether oxygens (including phenoxy) is 1. The van der Waals surface area contributed by atoms with E-state index < -0.39 is 0 Å². The molecule has 0 aliphatic heterocycles. The van der Waals surface area contributed by atoms with E-state index in [0.717, 1.165) is 41.2 Å². The highest BCUT2D eigenvalue weighted by atomic mass is 16.5. The minimum atomic E-state index is -0.348. The lowest BCUT2D eigenvalue weighted by Crippen LogP contribution is -2.03. The molecule has 0 saturated carbocycles.